The number of anilines is 1. The van der Waals surface area contributed by atoms with E-state index in [1.54, 1.807) is 0 Å². The number of hydrogen-bond acceptors (Lipinski definition) is 4. The molecular weight excluding hydrogens is 348 g/mol. The molecule has 6 heteroatoms. The summed E-state index contributed by atoms with van der Waals surface area (Å²) < 4.78 is 6.07. The van der Waals surface area contributed by atoms with Gasteiger partial charge in [-0.3, -0.25) is 0 Å². The first kappa shape index (κ1) is 12.7. The largest absolute Gasteiger partial charge is 0.367 e. The predicted octanol–water partition coefficient (Wildman–Crippen LogP) is 5.07. The maximum atomic E-state index is 6.16. The summed E-state index contributed by atoms with van der Waals surface area (Å²) in [5.41, 5.74) is 8.27. The van der Waals surface area contributed by atoms with Gasteiger partial charge in [-0.15, -0.1) is 11.3 Å². The summed E-state index contributed by atoms with van der Waals surface area (Å²) in [7, 11) is 0. The molecule has 3 rings (SSSR count). The molecule has 2 aromatic heterocycles. The Morgan fingerprint density at radius 1 is 1.26 bits per heavy atom. The average molecular weight is 356 g/mol. The fourth-order valence-electron chi connectivity index (χ4n) is 1.84. The lowest BCUT2D eigenvalue weighted by Crippen LogP contribution is -1.88. The van der Waals surface area contributed by atoms with Gasteiger partial charge >= 0.3 is 0 Å². The van der Waals surface area contributed by atoms with Crippen LogP contribution in [0.3, 0.4) is 0 Å². The van der Waals surface area contributed by atoms with Crippen LogP contribution >= 0.6 is 38.9 Å². The van der Waals surface area contributed by atoms with E-state index in [9.17, 15) is 0 Å². The van der Waals surface area contributed by atoms with Crippen molar-refractivity contribution in [1.82, 2.24) is 5.16 Å². The van der Waals surface area contributed by atoms with Crippen LogP contribution in [0.2, 0.25) is 5.02 Å². The van der Waals surface area contributed by atoms with Gasteiger partial charge in [-0.25, -0.2) is 0 Å². The van der Waals surface area contributed by atoms with Crippen molar-refractivity contribution >= 4 is 44.8 Å². The van der Waals surface area contributed by atoms with Gasteiger partial charge in [0, 0.05) is 10.0 Å². The first-order valence-corrected chi connectivity index (χ1v) is 7.47. The summed E-state index contributed by atoms with van der Waals surface area (Å²) in [6.07, 6.45) is 0. The van der Waals surface area contributed by atoms with Crippen molar-refractivity contribution in [1.29, 1.82) is 0 Å². The normalized spacial score (nSPS) is 10.8. The number of aromatic nitrogens is 1. The summed E-state index contributed by atoms with van der Waals surface area (Å²) in [5.74, 6) is 0.284. The fraction of sp³-hybridized carbons (Fsp3) is 0. The highest BCUT2D eigenvalue weighted by atomic mass is 79.9. The lowest BCUT2D eigenvalue weighted by Gasteiger charge is -2.04. The highest BCUT2D eigenvalue weighted by Gasteiger charge is 2.21. The molecule has 0 aliphatic rings. The van der Waals surface area contributed by atoms with Crippen LogP contribution in [-0.4, -0.2) is 5.16 Å². The predicted molar refractivity (Wildman–Crippen MR) is 82.4 cm³/mol. The number of thiophene rings is 1. The van der Waals surface area contributed by atoms with Gasteiger partial charge in [-0.2, -0.15) is 0 Å². The number of benzene rings is 1. The van der Waals surface area contributed by atoms with Crippen molar-refractivity contribution in [2.24, 2.45) is 0 Å². The Morgan fingerprint density at radius 2 is 2.05 bits per heavy atom. The van der Waals surface area contributed by atoms with Crippen molar-refractivity contribution in [3.05, 3.63) is 45.2 Å². The molecule has 0 bridgehead atoms. The van der Waals surface area contributed by atoms with E-state index in [0.717, 1.165) is 20.5 Å². The molecule has 2 heterocycles. The molecule has 96 valence electrons. The highest BCUT2D eigenvalue weighted by molar-refractivity contribution is 9.10. The van der Waals surface area contributed by atoms with Crippen LogP contribution in [0.4, 0.5) is 5.88 Å². The smallest absolute Gasteiger partial charge is 0.230 e. The molecule has 0 fully saturated rings. The molecule has 0 aliphatic carbocycles. The van der Waals surface area contributed by atoms with E-state index in [-0.39, 0.29) is 5.88 Å². The van der Waals surface area contributed by atoms with Crippen LogP contribution in [-0.2, 0) is 0 Å². The number of nitrogens with zero attached hydrogens (tertiary/aromatic N) is 1. The monoisotopic (exact) mass is 354 g/mol. The third-order valence-electron chi connectivity index (χ3n) is 2.69. The molecule has 0 saturated heterocycles. The van der Waals surface area contributed by atoms with Crippen LogP contribution in [0, 0.1) is 0 Å². The SMILES string of the molecule is Nc1onc(-c2sccc2Cl)c1-c1ccccc1Br. The Hall–Kier alpha value is -1.30. The summed E-state index contributed by atoms with van der Waals surface area (Å²) in [6, 6.07) is 9.61. The topological polar surface area (TPSA) is 52.0 Å². The number of nitrogen functional groups attached to an aromatic ring is 1. The molecule has 1 aromatic carbocycles. The van der Waals surface area contributed by atoms with Gasteiger partial charge in [0.2, 0.25) is 5.88 Å². The molecule has 0 atom stereocenters. The second-order valence-corrected chi connectivity index (χ2v) is 6.03. The standard InChI is InChI=1S/C13H8BrClN2OS/c14-8-4-2-1-3-7(8)10-11(17-18-13(10)16)12-9(15)5-6-19-12/h1-6H,16H2. The van der Waals surface area contributed by atoms with E-state index in [1.165, 1.54) is 11.3 Å². The van der Waals surface area contributed by atoms with Crippen molar-refractivity contribution in [3.8, 4) is 21.7 Å². The molecule has 0 saturated carbocycles. The second kappa shape index (κ2) is 5.00. The minimum atomic E-state index is 0.284. The maximum Gasteiger partial charge on any atom is 0.230 e. The molecule has 0 aliphatic heterocycles. The third-order valence-corrected chi connectivity index (χ3v) is 4.73. The second-order valence-electron chi connectivity index (χ2n) is 3.85. The maximum absolute atomic E-state index is 6.16. The van der Waals surface area contributed by atoms with Crippen molar-refractivity contribution in [2.75, 3.05) is 5.73 Å². The van der Waals surface area contributed by atoms with Crippen LogP contribution in [0.25, 0.3) is 21.7 Å². The van der Waals surface area contributed by atoms with Gasteiger partial charge < -0.3 is 10.3 Å². The molecule has 3 aromatic rings. The van der Waals surface area contributed by atoms with E-state index in [4.69, 9.17) is 21.9 Å². The zero-order chi connectivity index (χ0) is 13.4. The number of halogens is 2. The first-order chi connectivity index (χ1) is 9.18. The number of hydrogen-bond donors (Lipinski definition) is 1. The van der Waals surface area contributed by atoms with Crippen LogP contribution in [0.5, 0.6) is 0 Å². The first-order valence-electron chi connectivity index (χ1n) is 5.42. The average Bonchev–Trinajstić information content (AvgIpc) is 2.96. The number of nitrogens with two attached hydrogens (primary N) is 1. The van der Waals surface area contributed by atoms with Crippen molar-refractivity contribution in [3.63, 3.8) is 0 Å². The Labute approximate surface area is 127 Å². The Balaban J connectivity index is 2.26. The third kappa shape index (κ3) is 2.18. The summed E-state index contributed by atoms with van der Waals surface area (Å²) >= 11 is 11.2. The van der Waals surface area contributed by atoms with Crippen LogP contribution in [0.15, 0.2) is 44.7 Å². The molecule has 2 N–H and O–H groups in total. The van der Waals surface area contributed by atoms with Gasteiger partial charge in [0.15, 0.2) is 0 Å². The summed E-state index contributed by atoms with van der Waals surface area (Å²) in [4.78, 5) is 0.855. The minimum absolute atomic E-state index is 0.284. The van der Waals surface area contributed by atoms with Gasteiger partial charge in [0.05, 0.1) is 15.5 Å². The minimum Gasteiger partial charge on any atom is -0.367 e. The summed E-state index contributed by atoms with van der Waals surface area (Å²) in [6.45, 7) is 0. The zero-order valence-corrected chi connectivity index (χ0v) is 12.7. The van der Waals surface area contributed by atoms with Gasteiger partial charge in [0.25, 0.3) is 0 Å². The Kier molecular flexibility index (Phi) is 3.35. The lowest BCUT2D eigenvalue weighted by atomic mass is 10.0. The van der Waals surface area contributed by atoms with E-state index >= 15 is 0 Å². The highest BCUT2D eigenvalue weighted by Crippen LogP contribution is 2.43. The van der Waals surface area contributed by atoms with Crippen LogP contribution < -0.4 is 5.73 Å². The number of rotatable bonds is 2. The Bertz CT molecular complexity index is 738. The molecule has 19 heavy (non-hydrogen) atoms. The van der Waals surface area contributed by atoms with E-state index in [2.05, 4.69) is 21.1 Å². The molecule has 0 unspecified atom stereocenters. The molecule has 0 radical (unpaired) electrons. The van der Waals surface area contributed by atoms with Gasteiger partial charge in [0.1, 0.15) is 5.69 Å². The lowest BCUT2D eigenvalue weighted by molar-refractivity contribution is 0.439. The fourth-order valence-corrected chi connectivity index (χ4v) is 3.46. The zero-order valence-electron chi connectivity index (χ0n) is 9.56. The molecule has 0 spiro atoms. The summed E-state index contributed by atoms with van der Waals surface area (Å²) in [5, 5.41) is 6.60. The molecule has 3 nitrogen and oxygen atoms in total. The van der Waals surface area contributed by atoms with E-state index < -0.39 is 0 Å². The van der Waals surface area contributed by atoms with Crippen molar-refractivity contribution < 1.29 is 4.52 Å². The van der Waals surface area contributed by atoms with Crippen molar-refractivity contribution in [2.45, 2.75) is 0 Å². The van der Waals surface area contributed by atoms with Crippen LogP contribution in [0.1, 0.15) is 0 Å². The molecular formula is C13H8BrClN2OS. The van der Waals surface area contributed by atoms with E-state index in [1.807, 2.05) is 35.7 Å². The quantitative estimate of drug-likeness (QED) is 0.698. The van der Waals surface area contributed by atoms with Gasteiger partial charge in [-0.05, 0) is 17.5 Å². The molecule has 0 amide bonds. The van der Waals surface area contributed by atoms with E-state index in [0.29, 0.717) is 10.7 Å². The Morgan fingerprint density at radius 3 is 2.74 bits per heavy atom. The van der Waals surface area contributed by atoms with Gasteiger partial charge in [-0.1, -0.05) is 50.9 Å².